The fraction of sp³-hybridized carbons (Fsp3) is 0.550. The van der Waals surface area contributed by atoms with Crippen LogP contribution in [0.1, 0.15) is 55.2 Å². The van der Waals surface area contributed by atoms with Crippen molar-refractivity contribution in [3.63, 3.8) is 0 Å². The van der Waals surface area contributed by atoms with Crippen molar-refractivity contribution in [3.8, 4) is 0 Å². The Balaban J connectivity index is 1.69. The maximum atomic E-state index is 12.9. The Labute approximate surface area is 155 Å². The number of nitrogens with zero attached hydrogens (tertiary/aromatic N) is 5. The summed E-state index contributed by atoms with van der Waals surface area (Å²) in [5, 5.41) is 0. The van der Waals surface area contributed by atoms with Gasteiger partial charge in [-0.2, -0.15) is 0 Å². The van der Waals surface area contributed by atoms with Crippen LogP contribution in [0.25, 0.3) is 0 Å². The molecule has 0 aromatic carbocycles. The van der Waals surface area contributed by atoms with Crippen molar-refractivity contribution in [1.82, 2.24) is 19.4 Å². The van der Waals surface area contributed by atoms with E-state index in [-0.39, 0.29) is 5.91 Å². The lowest BCUT2D eigenvalue weighted by molar-refractivity contribution is 0.0703. The van der Waals surface area contributed by atoms with Crippen LogP contribution in [0.4, 0.5) is 5.82 Å². The highest BCUT2D eigenvalue weighted by Gasteiger charge is 2.27. The van der Waals surface area contributed by atoms with Gasteiger partial charge in [0.05, 0.1) is 5.56 Å². The number of likely N-dealkylation sites (tertiary alicyclic amines) is 1. The number of hydrogen-bond donors (Lipinski definition) is 0. The summed E-state index contributed by atoms with van der Waals surface area (Å²) < 4.78 is 2.06. The van der Waals surface area contributed by atoms with Gasteiger partial charge >= 0.3 is 0 Å². The smallest absolute Gasteiger partial charge is 0.255 e. The van der Waals surface area contributed by atoms with Crippen LogP contribution in [0, 0.1) is 0 Å². The summed E-state index contributed by atoms with van der Waals surface area (Å²) in [5.74, 6) is 2.38. The Hall–Kier alpha value is -2.37. The van der Waals surface area contributed by atoms with E-state index in [0.717, 1.165) is 57.1 Å². The molecule has 140 valence electrons. The minimum absolute atomic E-state index is 0.0708. The summed E-state index contributed by atoms with van der Waals surface area (Å²) in [6, 6.07) is 3.87. The quantitative estimate of drug-likeness (QED) is 0.799. The number of carbonyl (C=O) groups is 1. The maximum absolute atomic E-state index is 12.9. The van der Waals surface area contributed by atoms with Crippen LogP contribution in [0.3, 0.4) is 0 Å². The summed E-state index contributed by atoms with van der Waals surface area (Å²) in [7, 11) is 2.02. The molecule has 0 aliphatic carbocycles. The molecule has 1 fully saturated rings. The Morgan fingerprint density at radius 3 is 2.77 bits per heavy atom. The van der Waals surface area contributed by atoms with Gasteiger partial charge in [-0.05, 0) is 38.3 Å². The van der Waals surface area contributed by atoms with Crippen LogP contribution in [-0.2, 0) is 7.05 Å². The molecule has 2 aromatic heterocycles. The van der Waals surface area contributed by atoms with Crippen LogP contribution in [0.5, 0.6) is 0 Å². The fourth-order valence-electron chi connectivity index (χ4n) is 3.73. The first-order valence-electron chi connectivity index (χ1n) is 9.61. The second-order valence-corrected chi connectivity index (χ2v) is 6.97. The first kappa shape index (κ1) is 18.4. The maximum Gasteiger partial charge on any atom is 0.255 e. The standard InChI is InChI=1S/C20H29N5O/c1-4-11-24(5-2)18-9-8-16(14-22-18)20(26)25-12-6-7-17(15-25)19-21-10-13-23(19)3/h8-10,13-14,17H,4-7,11-12,15H2,1-3H3. The Morgan fingerprint density at radius 1 is 1.31 bits per heavy atom. The predicted molar refractivity (Wildman–Crippen MR) is 104 cm³/mol. The molecule has 2 aromatic rings. The molecular weight excluding hydrogens is 326 g/mol. The number of aryl methyl sites for hydroxylation is 1. The van der Waals surface area contributed by atoms with Gasteiger partial charge in [0.2, 0.25) is 0 Å². The second-order valence-electron chi connectivity index (χ2n) is 6.97. The van der Waals surface area contributed by atoms with Gasteiger partial charge in [0, 0.05) is 57.7 Å². The molecule has 0 radical (unpaired) electrons. The molecule has 1 atom stereocenters. The molecule has 0 saturated carbocycles. The number of imidazole rings is 1. The van der Waals surface area contributed by atoms with Crippen LogP contribution >= 0.6 is 0 Å². The first-order valence-corrected chi connectivity index (χ1v) is 9.61. The zero-order chi connectivity index (χ0) is 18.5. The van der Waals surface area contributed by atoms with Gasteiger partial charge in [0.15, 0.2) is 0 Å². The summed E-state index contributed by atoms with van der Waals surface area (Å²) in [5.41, 5.74) is 0.668. The normalized spacial score (nSPS) is 17.3. The molecule has 1 saturated heterocycles. The van der Waals surface area contributed by atoms with E-state index in [0.29, 0.717) is 11.5 Å². The number of piperidine rings is 1. The van der Waals surface area contributed by atoms with E-state index < -0.39 is 0 Å². The summed E-state index contributed by atoms with van der Waals surface area (Å²) in [6.45, 7) is 7.72. The van der Waals surface area contributed by atoms with Crippen LogP contribution in [-0.4, -0.2) is 51.5 Å². The van der Waals surface area contributed by atoms with Crippen molar-refractivity contribution in [2.24, 2.45) is 7.05 Å². The van der Waals surface area contributed by atoms with Gasteiger partial charge in [-0.25, -0.2) is 9.97 Å². The number of aromatic nitrogens is 3. The highest BCUT2D eigenvalue weighted by Crippen LogP contribution is 2.26. The summed E-state index contributed by atoms with van der Waals surface area (Å²) in [4.78, 5) is 26.1. The van der Waals surface area contributed by atoms with Crippen LogP contribution in [0.2, 0.25) is 0 Å². The highest BCUT2D eigenvalue weighted by molar-refractivity contribution is 5.94. The number of amides is 1. The number of rotatable bonds is 6. The summed E-state index contributed by atoms with van der Waals surface area (Å²) in [6.07, 6.45) is 8.69. The van der Waals surface area contributed by atoms with Crippen molar-refractivity contribution in [2.45, 2.75) is 39.0 Å². The molecule has 26 heavy (non-hydrogen) atoms. The molecule has 1 aliphatic rings. The van der Waals surface area contributed by atoms with E-state index in [1.807, 2.05) is 36.5 Å². The van der Waals surface area contributed by atoms with E-state index in [4.69, 9.17) is 0 Å². The molecule has 0 N–H and O–H groups in total. The third-order valence-electron chi connectivity index (χ3n) is 5.13. The molecule has 3 heterocycles. The predicted octanol–water partition coefficient (Wildman–Crippen LogP) is 3.07. The Morgan fingerprint density at radius 2 is 2.15 bits per heavy atom. The molecule has 6 heteroatoms. The number of anilines is 1. The monoisotopic (exact) mass is 355 g/mol. The van der Waals surface area contributed by atoms with Crippen molar-refractivity contribution in [2.75, 3.05) is 31.1 Å². The van der Waals surface area contributed by atoms with Crippen molar-refractivity contribution in [3.05, 3.63) is 42.1 Å². The minimum Gasteiger partial charge on any atom is -0.357 e. The molecule has 0 spiro atoms. The largest absolute Gasteiger partial charge is 0.357 e. The van der Waals surface area contributed by atoms with Gasteiger partial charge in [0.25, 0.3) is 5.91 Å². The highest BCUT2D eigenvalue weighted by atomic mass is 16.2. The van der Waals surface area contributed by atoms with E-state index in [2.05, 4.69) is 33.3 Å². The van der Waals surface area contributed by atoms with Crippen molar-refractivity contribution < 1.29 is 4.79 Å². The second kappa shape index (κ2) is 8.34. The lowest BCUT2D eigenvalue weighted by atomic mass is 9.96. The van der Waals surface area contributed by atoms with Gasteiger partial charge in [-0.15, -0.1) is 0 Å². The Bertz CT molecular complexity index is 724. The SMILES string of the molecule is CCCN(CC)c1ccc(C(=O)N2CCCC(c3nccn3C)C2)cn1. The molecule has 6 nitrogen and oxygen atoms in total. The lowest BCUT2D eigenvalue weighted by Gasteiger charge is -2.32. The fourth-order valence-corrected chi connectivity index (χ4v) is 3.73. The zero-order valence-corrected chi connectivity index (χ0v) is 16.1. The minimum atomic E-state index is 0.0708. The van der Waals surface area contributed by atoms with Gasteiger partial charge in [0.1, 0.15) is 11.6 Å². The lowest BCUT2D eigenvalue weighted by Crippen LogP contribution is -2.39. The van der Waals surface area contributed by atoms with Crippen LogP contribution < -0.4 is 4.90 Å². The van der Waals surface area contributed by atoms with E-state index >= 15 is 0 Å². The van der Waals surface area contributed by atoms with Crippen LogP contribution in [0.15, 0.2) is 30.7 Å². The third kappa shape index (κ3) is 3.89. The number of pyridine rings is 1. The molecule has 0 bridgehead atoms. The first-order chi connectivity index (χ1) is 12.6. The zero-order valence-electron chi connectivity index (χ0n) is 16.1. The number of carbonyl (C=O) groups excluding carboxylic acids is 1. The van der Waals surface area contributed by atoms with E-state index in [1.54, 1.807) is 6.20 Å². The molecule has 1 amide bonds. The third-order valence-corrected chi connectivity index (χ3v) is 5.13. The van der Waals surface area contributed by atoms with E-state index in [1.165, 1.54) is 0 Å². The summed E-state index contributed by atoms with van der Waals surface area (Å²) >= 11 is 0. The van der Waals surface area contributed by atoms with Gasteiger partial charge < -0.3 is 14.4 Å². The molecular formula is C20H29N5O. The van der Waals surface area contributed by atoms with Crippen molar-refractivity contribution in [1.29, 1.82) is 0 Å². The van der Waals surface area contributed by atoms with Gasteiger partial charge in [-0.1, -0.05) is 6.92 Å². The van der Waals surface area contributed by atoms with E-state index in [9.17, 15) is 4.79 Å². The average Bonchev–Trinajstić information content (AvgIpc) is 3.12. The van der Waals surface area contributed by atoms with Crippen molar-refractivity contribution >= 4 is 11.7 Å². The topological polar surface area (TPSA) is 54.3 Å². The molecule has 1 aliphatic heterocycles. The molecule has 1 unspecified atom stereocenters. The number of hydrogen-bond acceptors (Lipinski definition) is 4. The Kier molecular flexibility index (Phi) is 5.91. The van der Waals surface area contributed by atoms with Gasteiger partial charge in [-0.3, -0.25) is 4.79 Å². The average molecular weight is 355 g/mol. The molecule has 3 rings (SSSR count).